The molecule has 1 fully saturated rings. The lowest BCUT2D eigenvalue weighted by molar-refractivity contribution is -0.114. The highest BCUT2D eigenvalue weighted by atomic mass is 32.2. The van der Waals surface area contributed by atoms with Gasteiger partial charge in [-0.05, 0) is 50.1 Å². The monoisotopic (exact) mass is 450 g/mol. The number of hydrogen-bond donors (Lipinski definition) is 2. The van der Waals surface area contributed by atoms with Gasteiger partial charge in [0.1, 0.15) is 0 Å². The Morgan fingerprint density at radius 3 is 2.38 bits per heavy atom. The van der Waals surface area contributed by atoms with Crippen LogP contribution in [-0.2, 0) is 9.59 Å². The van der Waals surface area contributed by atoms with Gasteiger partial charge in [0.05, 0.1) is 11.4 Å². The summed E-state index contributed by atoms with van der Waals surface area (Å²) in [5.74, 6) is 0.690. The third kappa shape index (κ3) is 5.28. The standard InChI is InChI=1S/C23H26N6O2S/c1-16-8-10-20(11-9-16)29-22(28-12-3-4-13-28)26-27-23(29)32-15-21(31)25-19-7-5-6-18(14-19)24-17(2)30/h5-11,14H,3-4,12-13,15H2,1-2H3,(H,24,30)(H,25,31). The molecular formula is C23H26N6O2S. The van der Waals surface area contributed by atoms with Crippen molar-refractivity contribution in [2.24, 2.45) is 0 Å². The number of nitrogens with zero attached hydrogens (tertiary/aromatic N) is 4. The molecule has 1 aliphatic heterocycles. The molecule has 1 saturated heterocycles. The molecule has 1 aliphatic rings. The zero-order chi connectivity index (χ0) is 22.5. The highest BCUT2D eigenvalue weighted by Gasteiger charge is 2.23. The number of carbonyl (C=O) groups is 2. The fourth-order valence-corrected chi connectivity index (χ4v) is 4.35. The van der Waals surface area contributed by atoms with Gasteiger partial charge in [-0.15, -0.1) is 10.2 Å². The van der Waals surface area contributed by atoms with E-state index in [1.807, 2.05) is 4.57 Å². The van der Waals surface area contributed by atoms with Crippen molar-refractivity contribution in [2.45, 2.75) is 31.8 Å². The second kappa shape index (κ2) is 9.86. The van der Waals surface area contributed by atoms with Gasteiger partial charge in [-0.1, -0.05) is 35.5 Å². The third-order valence-electron chi connectivity index (χ3n) is 5.10. The average molecular weight is 451 g/mol. The van der Waals surface area contributed by atoms with E-state index in [2.05, 4.69) is 56.9 Å². The largest absolute Gasteiger partial charge is 0.341 e. The fourth-order valence-electron chi connectivity index (χ4n) is 3.60. The van der Waals surface area contributed by atoms with Crippen LogP contribution < -0.4 is 15.5 Å². The van der Waals surface area contributed by atoms with E-state index in [0.29, 0.717) is 16.5 Å². The number of aryl methyl sites for hydroxylation is 1. The summed E-state index contributed by atoms with van der Waals surface area (Å²) in [7, 11) is 0. The summed E-state index contributed by atoms with van der Waals surface area (Å²) in [4.78, 5) is 26.1. The van der Waals surface area contributed by atoms with Crippen molar-refractivity contribution >= 4 is 40.9 Å². The van der Waals surface area contributed by atoms with Gasteiger partial charge in [0.25, 0.3) is 0 Å². The van der Waals surface area contributed by atoms with Gasteiger partial charge < -0.3 is 15.5 Å². The zero-order valence-corrected chi connectivity index (χ0v) is 19.0. The van der Waals surface area contributed by atoms with Gasteiger partial charge in [-0.25, -0.2) is 0 Å². The Labute approximate surface area is 191 Å². The van der Waals surface area contributed by atoms with Crippen molar-refractivity contribution in [2.75, 3.05) is 34.4 Å². The molecule has 0 unspecified atom stereocenters. The van der Waals surface area contributed by atoms with Gasteiger partial charge in [0.2, 0.25) is 17.8 Å². The Morgan fingerprint density at radius 1 is 1.00 bits per heavy atom. The Kier molecular flexibility index (Phi) is 6.75. The summed E-state index contributed by atoms with van der Waals surface area (Å²) in [6, 6.07) is 15.3. The zero-order valence-electron chi connectivity index (χ0n) is 18.2. The Bertz CT molecular complexity index is 1110. The molecule has 32 heavy (non-hydrogen) atoms. The maximum atomic E-state index is 12.6. The minimum Gasteiger partial charge on any atom is -0.341 e. The summed E-state index contributed by atoms with van der Waals surface area (Å²) in [6.07, 6.45) is 2.28. The third-order valence-corrected chi connectivity index (χ3v) is 6.03. The average Bonchev–Trinajstić information content (AvgIpc) is 3.42. The van der Waals surface area contributed by atoms with Gasteiger partial charge in [0.15, 0.2) is 5.16 Å². The molecule has 0 saturated carbocycles. The first-order valence-corrected chi connectivity index (χ1v) is 11.6. The maximum Gasteiger partial charge on any atom is 0.234 e. The second-order valence-electron chi connectivity index (χ2n) is 7.75. The van der Waals surface area contributed by atoms with Crippen LogP contribution in [-0.4, -0.2) is 45.4 Å². The summed E-state index contributed by atoms with van der Waals surface area (Å²) in [5.41, 5.74) is 3.42. The van der Waals surface area contributed by atoms with E-state index < -0.39 is 0 Å². The van der Waals surface area contributed by atoms with Crippen molar-refractivity contribution in [3.8, 4) is 5.69 Å². The molecular weight excluding hydrogens is 424 g/mol. The lowest BCUT2D eigenvalue weighted by Crippen LogP contribution is -2.22. The number of aromatic nitrogens is 3. The lowest BCUT2D eigenvalue weighted by Gasteiger charge is -2.18. The molecule has 3 aromatic rings. The molecule has 9 heteroatoms. The van der Waals surface area contributed by atoms with Crippen molar-refractivity contribution in [1.82, 2.24) is 14.8 Å². The van der Waals surface area contributed by atoms with Gasteiger partial charge in [-0.2, -0.15) is 0 Å². The number of thioether (sulfide) groups is 1. The van der Waals surface area contributed by atoms with Crippen LogP contribution in [0.5, 0.6) is 0 Å². The van der Waals surface area contributed by atoms with Crippen LogP contribution in [0.3, 0.4) is 0 Å². The molecule has 0 spiro atoms. The number of anilines is 3. The summed E-state index contributed by atoms with van der Waals surface area (Å²) in [6.45, 7) is 5.42. The van der Waals surface area contributed by atoms with Crippen molar-refractivity contribution in [3.05, 3.63) is 54.1 Å². The smallest absolute Gasteiger partial charge is 0.234 e. The lowest BCUT2D eigenvalue weighted by atomic mass is 10.2. The first kappa shape index (κ1) is 21.9. The molecule has 1 aromatic heterocycles. The number of rotatable bonds is 7. The summed E-state index contributed by atoms with van der Waals surface area (Å²) >= 11 is 1.35. The normalized spacial score (nSPS) is 13.2. The van der Waals surface area contributed by atoms with Gasteiger partial charge in [0, 0.05) is 31.4 Å². The van der Waals surface area contributed by atoms with Gasteiger partial charge >= 0.3 is 0 Å². The Hall–Kier alpha value is -3.33. The van der Waals surface area contributed by atoms with E-state index >= 15 is 0 Å². The van der Waals surface area contributed by atoms with Crippen LogP contribution in [0.2, 0.25) is 0 Å². The number of hydrogen-bond acceptors (Lipinski definition) is 6. The van der Waals surface area contributed by atoms with Crippen LogP contribution in [0.15, 0.2) is 53.7 Å². The van der Waals surface area contributed by atoms with E-state index in [9.17, 15) is 9.59 Å². The van der Waals surface area contributed by atoms with E-state index in [0.717, 1.165) is 37.6 Å². The van der Waals surface area contributed by atoms with Crippen LogP contribution >= 0.6 is 11.8 Å². The second-order valence-corrected chi connectivity index (χ2v) is 8.69. The number of nitrogens with one attached hydrogen (secondary N) is 2. The van der Waals surface area contributed by atoms with Crippen molar-refractivity contribution < 1.29 is 9.59 Å². The molecule has 4 rings (SSSR count). The minimum atomic E-state index is -0.159. The molecule has 0 aliphatic carbocycles. The molecule has 0 bridgehead atoms. The van der Waals surface area contributed by atoms with Crippen LogP contribution in [0.4, 0.5) is 17.3 Å². The molecule has 2 heterocycles. The van der Waals surface area contributed by atoms with Crippen molar-refractivity contribution in [3.63, 3.8) is 0 Å². The molecule has 8 nitrogen and oxygen atoms in total. The van der Waals surface area contributed by atoms with Crippen molar-refractivity contribution in [1.29, 1.82) is 0 Å². The highest BCUT2D eigenvalue weighted by Crippen LogP contribution is 2.29. The summed E-state index contributed by atoms with van der Waals surface area (Å²) < 4.78 is 2.03. The Morgan fingerprint density at radius 2 is 1.69 bits per heavy atom. The SMILES string of the molecule is CC(=O)Nc1cccc(NC(=O)CSc2nnc(N3CCCC3)n2-c2ccc(C)cc2)c1. The summed E-state index contributed by atoms with van der Waals surface area (Å²) in [5, 5.41) is 15.1. The molecule has 0 radical (unpaired) electrons. The fraction of sp³-hybridized carbons (Fsp3) is 0.304. The van der Waals surface area contributed by atoms with Crippen LogP contribution in [0, 0.1) is 6.92 Å². The molecule has 2 aromatic carbocycles. The minimum absolute atomic E-state index is 0.156. The number of carbonyl (C=O) groups excluding carboxylic acids is 2. The molecule has 166 valence electrons. The Balaban J connectivity index is 1.49. The van der Waals surface area contributed by atoms with Crippen LogP contribution in [0.25, 0.3) is 5.69 Å². The highest BCUT2D eigenvalue weighted by molar-refractivity contribution is 7.99. The molecule has 2 N–H and O–H groups in total. The van der Waals surface area contributed by atoms with Gasteiger partial charge in [-0.3, -0.25) is 14.2 Å². The van der Waals surface area contributed by atoms with E-state index in [-0.39, 0.29) is 17.6 Å². The quantitative estimate of drug-likeness (QED) is 0.531. The maximum absolute atomic E-state index is 12.6. The predicted molar refractivity (Wildman–Crippen MR) is 128 cm³/mol. The number of benzene rings is 2. The molecule has 0 atom stereocenters. The number of amides is 2. The first-order valence-electron chi connectivity index (χ1n) is 10.6. The topological polar surface area (TPSA) is 92.2 Å². The molecule has 2 amide bonds. The van der Waals surface area contributed by atoms with E-state index in [1.165, 1.54) is 24.2 Å². The van der Waals surface area contributed by atoms with Crippen LogP contribution in [0.1, 0.15) is 25.3 Å². The first-order chi connectivity index (χ1) is 15.5. The predicted octanol–water partition coefficient (Wildman–Crippen LogP) is 3.87. The van der Waals surface area contributed by atoms with E-state index in [1.54, 1.807) is 24.3 Å². The van der Waals surface area contributed by atoms with E-state index in [4.69, 9.17) is 0 Å².